The summed E-state index contributed by atoms with van der Waals surface area (Å²) < 4.78 is 10.9. The number of ether oxygens (including phenoxy) is 1. The van der Waals surface area contributed by atoms with Crippen molar-refractivity contribution in [1.82, 2.24) is 10.1 Å². The van der Waals surface area contributed by atoms with Gasteiger partial charge in [0.25, 0.3) is 12.4 Å². The first-order chi connectivity index (χ1) is 15.4. The first-order valence-electron chi connectivity index (χ1n) is 11.0. The molecule has 1 N–H and O–H groups in total. The Balaban J connectivity index is 0.000000913. The van der Waals surface area contributed by atoms with E-state index in [0.29, 0.717) is 30.9 Å². The number of benzene rings is 1. The van der Waals surface area contributed by atoms with Gasteiger partial charge in [0.05, 0.1) is 12.0 Å². The largest absolute Gasteiger partial charge is 0.483 e. The number of carbonyl (C=O) groups excluding carboxylic acids is 2. The van der Waals surface area contributed by atoms with Crippen LogP contribution in [0.4, 0.5) is 0 Å². The molecule has 1 aromatic heterocycles. The van der Waals surface area contributed by atoms with Gasteiger partial charge < -0.3 is 19.3 Å². The van der Waals surface area contributed by atoms with Crippen molar-refractivity contribution in [2.45, 2.75) is 64.5 Å². The lowest BCUT2D eigenvalue weighted by atomic mass is 9.70. The van der Waals surface area contributed by atoms with Crippen LogP contribution < -0.4 is 0 Å². The van der Waals surface area contributed by atoms with Crippen molar-refractivity contribution in [2.24, 2.45) is 5.41 Å². The van der Waals surface area contributed by atoms with Crippen LogP contribution >= 0.6 is 0 Å². The van der Waals surface area contributed by atoms with Crippen molar-refractivity contribution in [3.8, 4) is 0 Å². The molecule has 3 atom stereocenters. The van der Waals surface area contributed by atoms with Crippen LogP contribution in [0.3, 0.4) is 0 Å². The van der Waals surface area contributed by atoms with Crippen LogP contribution in [0.2, 0.25) is 0 Å². The van der Waals surface area contributed by atoms with Crippen molar-refractivity contribution in [3.05, 3.63) is 53.4 Å². The van der Waals surface area contributed by atoms with Crippen molar-refractivity contribution in [1.29, 1.82) is 0 Å². The summed E-state index contributed by atoms with van der Waals surface area (Å²) >= 11 is 0. The smallest absolute Gasteiger partial charge is 0.314 e. The normalized spacial score (nSPS) is 23.6. The Morgan fingerprint density at radius 3 is 2.59 bits per heavy atom. The highest BCUT2D eigenvalue weighted by Gasteiger charge is 2.62. The van der Waals surface area contributed by atoms with Gasteiger partial charge in [-0.3, -0.25) is 14.4 Å². The molecular formula is C24H30N2O6. The lowest BCUT2D eigenvalue weighted by molar-refractivity contribution is -0.157. The summed E-state index contributed by atoms with van der Waals surface area (Å²) in [5.41, 5.74) is 0.703. The molecule has 0 radical (unpaired) electrons. The number of aromatic nitrogens is 1. The Labute approximate surface area is 187 Å². The van der Waals surface area contributed by atoms with Gasteiger partial charge >= 0.3 is 5.97 Å². The average Bonchev–Trinajstić information content (AvgIpc) is 3.49. The molecule has 3 heterocycles. The number of carboxylic acid groups (broad SMARTS) is 1. The highest BCUT2D eigenvalue weighted by molar-refractivity contribution is 5.94. The summed E-state index contributed by atoms with van der Waals surface area (Å²) in [5.74, 6) is 0.515. The Morgan fingerprint density at radius 1 is 1.31 bits per heavy atom. The SMILES string of the molecule is CCOC(=O)[C@@]1(Cc2ccccc2)C[C@H]2CC[C@@H]1N2C(=O)c1cc(C(C)C)on1.O=CO. The predicted octanol–water partition coefficient (Wildman–Crippen LogP) is 3.67. The zero-order valence-corrected chi connectivity index (χ0v) is 18.7. The number of hydrogen-bond acceptors (Lipinski definition) is 6. The van der Waals surface area contributed by atoms with E-state index in [9.17, 15) is 9.59 Å². The maximum Gasteiger partial charge on any atom is 0.314 e. The number of amides is 1. The summed E-state index contributed by atoms with van der Waals surface area (Å²) in [4.78, 5) is 36.7. The van der Waals surface area contributed by atoms with Crippen LogP contribution in [-0.4, -0.2) is 52.2 Å². The van der Waals surface area contributed by atoms with E-state index < -0.39 is 5.41 Å². The second-order valence-corrected chi connectivity index (χ2v) is 8.58. The Hall–Kier alpha value is -3.16. The first kappa shape index (κ1) is 23.5. The van der Waals surface area contributed by atoms with Gasteiger partial charge in [-0.05, 0) is 38.2 Å². The van der Waals surface area contributed by atoms with Gasteiger partial charge in [-0.15, -0.1) is 0 Å². The monoisotopic (exact) mass is 442 g/mol. The summed E-state index contributed by atoms with van der Waals surface area (Å²) in [6.07, 6.45) is 2.91. The Bertz CT molecular complexity index is 941. The molecule has 1 aromatic carbocycles. The minimum Gasteiger partial charge on any atom is -0.483 e. The molecule has 8 heteroatoms. The van der Waals surface area contributed by atoms with Gasteiger partial charge in [-0.1, -0.05) is 49.3 Å². The van der Waals surface area contributed by atoms with Crippen LogP contribution in [-0.2, 0) is 20.7 Å². The minimum atomic E-state index is -0.708. The fourth-order valence-electron chi connectivity index (χ4n) is 5.00. The van der Waals surface area contributed by atoms with E-state index in [1.807, 2.05) is 56.0 Å². The molecule has 2 bridgehead atoms. The number of fused-ring (bicyclic) bond motifs is 2. The maximum atomic E-state index is 13.3. The zero-order valence-electron chi connectivity index (χ0n) is 18.7. The van der Waals surface area contributed by atoms with E-state index in [-0.39, 0.29) is 36.4 Å². The van der Waals surface area contributed by atoms with Gasteiger partial charge in [0.1, 0.15) is 5.76 Å². The zero-order chi connectivity index (χ0) is 23.3. The van der Waals surface area contributed by atoms with Crippen LogP contribution in [0.1, 0.15) is 67.8 Å². The molecule has 32 heavy (non-hydrogen) atoms. The lowest BCUT2D eigenvalue weighted by Gasteiger charge is -2.35. The number of carbonyl (C=O) groups is 3. The molecule has 8 nitrogen and oxygen atoms in total. The first-order valence-corrected chi connectivity index (χ1v) is 11.0. The molecular weight excluding hydrogens is 412 g/mol. The molecule has 4 rings (SSSR count). The summed E-state index contributed by atoms with van der Waals surface area (Å²) in [6.45, 7) is 5.91. The number of hydrogen-bond donors (Lipinski definition) is 1. The lowest BCUT2D eigenvalue weighted by Crippen LogP contribution is -2.47. The van der Waals surface area contributed by atoms with Crippen molar-refractivity contribution < 1.29 is 28.8 Å². The molecule has 2 aliphatic heterocycles. The molecule has 0 spiro atoms. The van der Waals surface area contributed by atoms with Crippen LogP contribution in [0.25, 0.3) is 0 Å². The third-order valence-corrected chi connectivity index (χ3v) is 6.34. The van der Waals surface area contributed by atoms with Crippen molar-refractivity contribution in [3.63, 3.8) is 0 Å². The Kier molecular flexibility index (Phi) is 7.33. The second kappa shape index (κ2) is 9.97. The minimum absolute atomic E-state index is 0.0276. The van der Waals surface area contributed by atoms with Gasteiger partial charge in [-0.25, -0.2) is 0 Å². The highest BCUT2D eigenvalue weighted by atomic mass is 16.5. The van der Waals surface area contributed by atoms with E-state index in [1.54, 1.807) is 6.07 Å². The third kappa shape index (κ3) is 4.40. The number of rotatable bonds is 6. The van der Waals surface area contributed by atoms with Crippen LogP contribution in [0, 0.1) is 5.41 Å². The standard InChI is InChI=1S/C23H28N2O4.CH2O2/c1-4-28-22(27)23(13-16-8-6-5-7-9-16)14-17-10-11-20(23)25(17)21(26)18-12-19(15(2)3)29-24-18;2-1-3/h5-9,12,15,17,20H,4,10-11,13-14H2,1-3H3;1H,(H,2,3)/t17-,20+,23+;/m1./s1. The van der Waals surface area contributed by atoms with Crippen LogP contribution in [0.5, 0.6) is 0 Å². The topological polar surface area (TPSA) is 110 Å². The van der Waals surface area contributed by atoms with Gasteiger partial charge in [0, 0.05) is 24.1 Å². The average molecular weight is 443 g/mol. The molecule has 2 saturated heterocycles. The van der Waals surface area contributed by atoms with E-state index in [4.69, 9.17) is 19.2 Å². The van der Waals surface area contributed by atoms with E-state index in [0.717, 1.165) is 18.4 Å². The van der Waals surface area contributed by atoms with Crippen LogP contribution in [0.15, 0.2) is 40.9 Å². The molecule has 2 fully saturated rings. The molecule has 0 unspecified atom stereocenters. The van der Waals surface area contributed by atoms with E-state index >= 15 is 0 Å². The number of esters is 1. The number of nitrogens with zero attached hydrogens (tertiary/aromatic N) is 2. The molecule has 2 aromatic rings. The van der Waals surface area contributed by atoms with E-state index in [2.05, 4.69) is 5.16 Å². The van der Waals surface area contributed by atoms with E-state index in [1.165, 1.54) is 0 Å². The fraction of sp³-hybridized carbons (Fsp3) is 0.500. The molecule has 172 valence electrons. The molecule has 1 amide bonds. The quantitative estimate of drug-likeness (QED) is 0.537. The molecule has 0 saturated carbocycles. The predicted molar refractivity (Wildman–Crippen MR) is 116 cm³/mol. The van der Waals surface area contributed by atoms with Gasteiger partial charge in [0.2, 0.25) is 0 Å². The van der Waals surface area contributed by atoms with Gasteiger partial charge in [-0.2, -0.15) is 0 Å². The summed E-state index contributed by atoms with van der Waals surface area (Å²) in [7, 11) is 0. The maximum absolute atomic E-state index is 13.3. The van der Waals surface area contributed by atoms with Gasteiger partial charge in [0.15, 0.2) is 5.69 Å². The molecule has 2 aliphatic rings. The third-order valence-electron chi connectivity index (χ3n) is 6.34. The second-order valence-electron chi connectivity index (χ2n) is 8.58. The highest BCUT2D eigenvalue weighted by Crippen LogP contribution is 2.52. The summed E-state index contributed by atoms with van der Waals surface area (Å²) in [5, 5.41) is 10.9. The van der Waals surface area contributed by atoms with Crippen molar-refractivity contribution >= 4 is 18.3 Å². The Morgan fingerprint density at radius 2 is 2.00 bits per heavy atom. The van der Waals surface area contributed by atoms with Crippen molar-refractivity contribution in [2.75, 3.05) is 6.61 Å². The fourth-order valence-corrected chi connectivity index (χ4v) is 5.00. The summed E-state index contributed by atoms with van der Waals surface area (Å²) in [6, 6.07) is 11.6. The molecule has 0 aliphatic carbocycles.